The Kier molecular flexibility index (Phi) is 6.88. The van der Waals surface area contributed by atoms with Gasteiger partial charge in [0.25, 0.3) is 0 Å². The van der Waals surface area contributed by atoms with Crippen molar-refractivity contribution in [3.63, 3.8) is 0 Å². The van der Waals surface area contributed by atoms with Gasteiger partial charge >= 0.3 is 0 Å². The molecule has 0 fully saturated rings. The highest BCUT2D eigenvalue weighted by atomic mass is 35.5. The minimum atomic E-state index is 0.649. The van der Waals surface area contributed by atoms with Crippen LogP contribution in [0, 0.1) is 11.3 Å². The van der Waals surface area contributed by atoms with E-state index in [4.69, 9.17) is 21.6 Å². The zero-order chi connectivity index (χ0) is 19.1. The Morgan fingerprint density at radius 1 is 1.19 bits per heavy atom. The lowest BCUT2D eigenvalue weighted by Crippen LogP contribution is -2.05. The highest BCUT2D eigenvalue weighted by Gasteiger charge is 2.16. The van der Waals surface area contributed by atoms with E-state index in [1.54, 1.807) is 24.9 Å². The van der Waals surface area contributed by atoms with E-state index in [-0.39, 0.29) is 0 Å². The summed E-state index contributed by atoms with van der Waals surface area (Å²) in [4.78, 5) is 0. The molecule has 0 unspecified atom stereocenters. The zero-order valence-corrected chi connectivity index (χ0v) is 16.5. The normalized spacial score (nSPS) is 10.7. The monoisotopic (exact) mass is 398 g/mol. The van der Waals surface area contributed by atoms with Crippen LogP contribution in [0.4, 0.5) is 0 Å². The van der Waals surface area contributed by atoms with Crippen LogP contribution in [0.1, 0.15) is 17.5 Å². The summed E-state index contributed by atoms with van der Waals surface area (Å²) in [7, 11) is 1.69. The maximum Gasteiger partial charge on any atom is 0.191 e. The molecule has 0 radical (unpaired) electrons. The first-order chi connectivity index (χ1) is 13.2. The van der Waals surface area contributed by atoms with Gasteiger partial charge in [-0.2, -0.15) is 5.26 Å². The fourth-order valence-electron chi connectivity index (χ4n) is 2.68. The van der Waals surface area contributed by atoms with Crippen LogP contribution in [-0.4, -0.2) is 28.5 Å². The molecular weight excluding hydrogens is 380 g/mol. The number of hydrogen-bond acceptors (Lipinski definition) is 5. The summed E-state index contributed by atoms with van der Waals surface area (Å²) in [6, 6.07) is 17.4. The van der Waals surface area contributed by atoms with Gasteiger partial charge in [0.1, 0.15) is 0 Å². The van der Waals surface area contributed by atoms with Gasteiger partial charge in [0.15, 0.2) is 11.0 Å². The van der Waals surface area contributed by atoms with Crippen LogP contribution in [0.25, 0.3) is 11.4 Å². The Morgan fingerprint density at radius 3 is 2.81 bits per heavy atom. The lowest BCUT2D eigenvalue weighted by atomic mass is 10.2. The minimum Gasteiger partial charge on any atom is -0.385 e. The molecule has 0 spiro atoms. The largest absolute Gasteiger partial charge is 0.385 e. The van der Waals surface area contributed by atoms with E-state index in [1.807, 2.05) is 42.5 Å². The van der Waals surface area contributed by atoms with Crippen LogP contribution < -0.4 is 0 Å². The summed E-state index contributed by atoms with van der Waals surface area (Å²) in [5.74, 6) is 1.46. The molecule has 0 N–H and O–H groups in total. The van der Waals surface area contributed by atoms with Crippen molar-refractivity contribution in [2.75, 3.05) is 13.7 Å². The van der Waals surface area contributed by atoms with E-state index in [9.17, 15) is 0 Å². The highest BCUT2D eigenvalue weighted by Crippen LogP contribution is 2.30. The van der Waals surface area contributed by atoms with E-state index in [2.05, 4.69) is 20.8 Å². The van der Waals surface area contributed by atoms with Crippen molar-refractivity contribution < 1.29 is 4.74 Å². The number of halogens is 1. The highest BCUT2D eigenvalue weighted by molar-refractivity contribution is 7.98. The molecule has 0 aliphatic heterocycles. The molecule has 3 rings (SSSR count). The fraction of sp³-hybridized carbons (Fsp3) is 0.250. The number of hydrogen-bond donors (Lipinski definition) is 0. The number of nitrogens with zero attached hydrogens (tertiary/aromatic N) is 4. The SMILES string of the molecule is COCCCn1c(SCc2cccc(C#N)c2)nnc1-c1ccccc1Cl. The summed E-state index contributed by atoms with van der Waals surface area (Å²) < 4.78 is 7.27. The molecule has 0 saturated carbocycles. The van der Waals surface area contributed by atoms with E-state index >= 15 is 0 Å². The Balaban J connectivity index is 1.85. The number of aromatic nitrogens is 3. The van der Waals surface area contributed by atoms with Crippen LogP contribution in [0.5, 0.6) is 0 Å². The van der Waals surface area contributed by atoms with Crippen LogP contribution in [0.2, 0.25) is 5.02 Å². The molecule has 1 aromatic heterocycles. The molecular formula is C20H19ClN4OS. The molecule has 1 heterocycles. The summed E-state index contributed by atoms with van der Waals surface area (Å²) >= 11 is 7.96. The quantitative estimate of drug-likeness (QED) is 0.403. The number of thioether (sulfide) groups is 1. The number of benzene rings is 2. The third-order valence-electron chi connectivity index (χ3n) is 3.99. The second-order valence-corrected chi connectivity index (χ2v) is 7.23. The van der Waals surface area contributed by atoms with E-state index in [0.29, 0.717) is 22.9 Å². The molecule has 7 heteroatoms. The molecule has 27 heavy (non-hydrogen) atoms. The van der Waals surface area contributed by atoms with Gasteiger partial charge in [-0.15, -0.1) is 10.2 Å². The molecule has 0 aliphatic rings. The van der Waals surface area contributed by atoms with Gasteiger partial charge in [0.05, 0.1) is 16.7 Å². The summed E-state index contributed by atoms with van der Waals surface area (Å²) in [5.41, 5.74) is 2.60. The molecule has 2 aromatic carbocycles. The summed E-state index contributed by atoms with van der Waals surface area (Å²) in [5, 5.41) is 19.3. The molecule has 0 amide bonds. The van der Waals surface area contributed by atoms with Crippen molar-refractivity contribution in [1.29, 1.82) is 5.26 Å². The van der Waals surface area contributed by atoms with Crippen molar-refractivity contribution in [3.8, 4) is 17.5 Å². The summed E-state index contributed by atoms with van der Waals surface area (Å²) in [6.07, 6.45) is 0.851. The minimum absolute atomic E-state index is 0.649. The third-order valence-corrected chi connectivity index (χ3v) is 5.35. The standard InChI is InChI=1S/C20H19ClN4OS/c1-26-11-5-10-25-19(17-8-2-3-9-18(17)21)23-24-20(25)27-14-16-7-4-6-15(12-16)13-22/h2-4,6-9,12H,5,10-11,14H2,1H3. The Labute approximate surface area is 167 Å². The lowest BCUT2D eigenvalue weighted by molar-refractivity contribution is 0.189. The zero-order valence-electron chi connectivity index (χ0n) is 14.9. The molecule has 3 aromatic rings. The first-order valence-electron chi connectivity index (χ1n) is 8.52. The first-order valence-corrected chi connectivity index (χ1v) is 9.88. The van der Waals surface area contributed by atoms with Gasteiger partial charge in [0, 0.05) is 31.6 Å². The van der Waals surface area contributed by atoms with Crippen molar-refractivity contribution in [2.24, 2.45) is 0 Å². The Morgan fingerprint density at radius 2 is 2.04 bits per heavy atom. The van der Waals surface area contributed by atoms with Crippen molar-refractivity contribution >= 4 is 23.4 Å². The molecule has 0 bridgehead atoms. The Hall–Kier alpha value is -2.33. The van der Waals surface area contributed by atoms with Gasteiger partial charge in [-0.3, -0.25) is 0 Å². The van der Waals surface area contributed by atoms with Gasteiger partial charge in [-0.1, -0.05) is 47.6 Å². The third kappa shape index (κ3) is 4.89. The van der Waals surface area contributed by atoms with Crippen molar-refractivity contribution in [3.05, 3.63) is 64.7 Å². The maximum atomic E-state index is 9.06. The van der Waals surface area contributed by atoms with Gasteiger partial charge in [-0.25, -0.2) is 0 Å². The van der Waals surface area contributed by atoms with Crippen molar-refractivity contribution in [2.45, 2.75) is 23.9 Å². The predicted octanol–water partition coefficient (Wildman–Crippen LogP) is 4.80. The van der Waals surface area contributed by atoms with Gasteiger partial charge in [0.2, 0.25) is 0 Å². The fourth-order valence-corrected chi connectivity index (χ4v) is 3.81. The van der Waals surface area contributed by atoms with E-state index < -0.39 is 0 Å². The number of ether oxygens (including phenoxy) is 1. The van der Waals surface area contributed by atoms with Gasteiger partial charge < -0.3 is 9.30 Å². The molecule has 5 nitrogen and oxygen atoms in total. The number of rotatable bonds is 8. The number of methoxy groups -OCH3 is 1. The van der Waals surface area contributed by atoms with Crippen LogP contribution in [-0.2, 0) is 17.0 Å². The van der Waals surface area contributed by atoms with E-state index in [1.165, 1.54) is 0 Å². The topological polar surface area (TPSA) is 63.7 Å². The second kappa shape index (κ2) is 9.56. The van der Waals surface area contributed by atoms with Crippen LogP contribution in [0.15, 0.2) is 53.7 Å². The van der Waals surface area contributed by atoms with Crippen molar-refractivity contribution in [1.82, 2.24) is 14.8 Å². The molecule has 0 saturated heterocycles. The van der Waals surface area contributed by atoms with Gasteiger partial charge in [-0.05, 0) is 36.2 Å². The predicted molar refractivity (Wildman–Crippen MR) is 108 cm³/mol. The molecule has 0 atom stereocenters. The molecule has 0 aliphatic carbocycles. The summed E-state index contributed by atoms with van der Waals surface area (Å²) in [6.45, 7) is 1.40. The second-order valence-electron chi connectivity index (χ2n) is 5.88. The molecule has 138 valence electrons. The first kappa shape index (κ1) is 19.4. The van der Waals surface area contributed by atoms with Crippen LogP contribution in [0.3, 0.4) is 0 Å². The lowest BCUT2D eigenvalue weighted by Gasteiger charge is -2.11. The van der Waals surface area contributed by atoms with E-state index in [0.717, 1.165) is 35.1 Å². The number of nitriles is 1. The maximum absolute atomic E-state index is 9.06. The van der Waals surface area contributed by atoms with Crippen LogP contribution >= 0.6 is 23.4 Å². The average molecular weight is 399 g/mol. The average Bonchev–Trinajstić information content (AvgIpc) is 3.10. The Bertz CT molecular complexity index is 951. The smallest absolute Gasteiger partial charge is 0.191 e.